The van der Waals surface area contributed by atoms with Gasteiger partial charge in [-0.25, -0.2) is 13.4 Å². The molecule has 0 fully saturated rings. The Balaban J connectivity index is 1.64. The molecule has 0 saturated heterocycles. The molecule has 154 valence electrons. The summed E-state index contributed by atoms with van der Waals surface area (Å²) in [7, 11) is -3.73. The van der Waals surface area contributed by atoms with Gasteiger partial charge in [0.05, 0.1) is 33.8 Å². The molecule has 0 aliphatic heterocycles. The summed E-state index contributed by atoms with van der Waals surface area (Å²) >= 11 is 7.34. The van der Waals surface area contributed by atoms with Gasteiger partial charge in [0, 0.05) is 17.3 Å². The molecule has 1 atom stereocenters. The molecule has 0 spiro atoms. The summed E-state index contributed by atoms with van der Waals surface area (Å²) < 4.78 is 28.8. The minimum absolute atomic E-state index is 0.0797. The second kappa shape index (κ2) is 8.52. The van der Waals surface area contributed by atoms with E-state index in [-0.39, 0.29) is 16.7 Å². The number of amides is 1. The van der Waals surface area contributed by atoms with Crippen molar-refractivity contribution in [2.45, 2.75) is 32.2 Å². The molecule has 0 bridgehead atoms. The summed E-state index contributed by atoms with van der Waals surface area (Å²) in [6.45, 7) is 5.84. The quantitative estimate of drug-likeness (QED) is 0.567. The summed E-state index contributed by atoms with van der Waals surface area (Å²) in [4.78, 5) is 16.5. The molecular formula is C18H20ClN5O3S2. The predicted octanol–water partition coefficient (Wildman–Crippen LogP) is 3.69. The molecule has 29 heavy (non-hydrogen) atoms. The Labute approximate surface area is 178 Å². The van der Waals surface area contributed by atoms with Gasteiger partial charge in [-0.2, -0.15) is 5.10 Å². The maximum absolute atomic E-state index is 12.5. The van der Waals surface area contributed by atoms with Crippen molar-refractivity contribution in [2.24, 2.45) is 5.92 Å². The monoisotopic (exact) mass is 453 g/mol. The highest BCUT2D eigenvalue weighted by molar-refractivity contribution is 7.93. The normalized spacial score (nSPS) is 12.6. The molecule has 2 heterocycles. The molecule has 3 aromatic rings. The SMILES string of the molecule is Cc1nn(CC(C)C(=O)Nc2ccc(S(=O)(=O)Nc3nccs3)cc2)c(C)c1Cl. The van der Waals surface area contributed by atoms with Crippen LogP contribution in [0.4, 0.5) is 10.8 Å². The highest BCUT2D eigenvalue weighted by Gasteiger charge is 2.19. The summed E-state index contributed by atoms with van der Waals surface area (Å²) in [6, 6.07) is 5.94. The number of hydrogen-bond acceptors (Lipinski definition) is 6. The van der Waals surface area contributed by atoms with Gasteiger partial charge in [-0.1, -0.05) is 18.5 Å². The van der Waals surface area contributed by atoms with E-state index in [1.807, 2.05) is 13.8 Å². The summed E-state index contributed by atoms with van der Waals surface area (Å²) in [6.07, 6.45) is 1.52. The van der Waals surface area contributed by atoms with Gasteiger partial charge in [-0.15, -0.1) is 11.3 Å². The highest BCUT2D eigenvalue weighted by atomic mass is 35.5. The van der Waals surface area contributed by atoms with Gasteiger partial charge in [-0.3, -0.25) is 14.2 Å². The van der Waals surface area contributed by atoms with Crippen molar-refractivity contribution >= 4 is 49.7 Å². The van der Waals surface area contributed by atoms with E-state index in [2.05, 4.69) is 20.1 Å². The Kier molecular flexibility index (Phi) is 6.25. The van der Waals surface area contributed by atoms with Crippen LogP contribution in [0.2, 0.25) is 5.02 Å². The summed E-state index contributed by atoms with van der Waals surface area (Å²) in [5, 5.41) is 9.69. The lowest BCUT2D eigenvalue weighted by molar-refractivity contribution is -0.119. The van der Waals surface area contributed by atoms with E-state index in [9.17, 15) is 13.2 Å². The summed E-state index contributed by atoms with van der Waals surface area (Å²) in [5.41, 5.74) is 2.03. The van der Waals surface area contributed by atoms with Gasteiger partial charge in [0.15, 0.2) is 5.13 Å². The van der Waals surface area contributed by atoms with Crippen molar-refractivity contribution in [2.75, 3.05) is 10.0 Å². The second-order valence-corrected chi connectivity index (χ2v) is 9.48. The van der Waals surface area contributed by atoms with Gasteiger partial charge in [0.25, 0.3) is 10.0 Å². The number of benzene rings is 1. The van der Waals surface area contributed by atoms with Crippen LogP contribution in [-0.2, 0) is 21.4 Å². The number of carbonyl (C=O) groups excluding carboxylic acids is 1. The van der Waals surface area contributed by atoms with Crippen molar-refractivity contribution in [1.29, 1.82) is 0 Å². The van der Waals surface area contributed by atoms with Crippen LogP contribution in [0.5, 0.6) is 0 Å². The number of halogens is 1. The molecule has 0 saturated carbocycles. The van der Waals surface area contributed by atoms with Crippen molar-refractivity contribution in [3.8, 4) is 0 Å². The average Bonchev–Trinajstić information content (AvgIpc) is 3.26. The van der Waals surface area contributed by atoms with E-state index in [0.717, 1.165) is 11.4 Å². The molecule has 11 heteroatoms. The van der Waals surface area contributed by atoms with Crippen LogP contribution in [0.3, 0.4) is 0 Å². The Morgan fingerprint density at radius 1 is 1.28 bits per heavy atom. The Morgan fingerprint density at radius 2 is 1.97 bits per heavy atom. The van der Waals surface area contributed by atoms with Gasteiger partial charge < -0.3 is 5.32 Å². The van der Waals surface area contributed by atoms with E-state index in [1.165, 1.54) is 29.7 Å². The third-order valence-electron chi connectivity index (χ3n) is 4.27. The number of nitrogens with zero attached hydrogens (tertiary/aromatic N) is 3. The highest BCUT2D eigenvalue weighted by Crippen LogP contribution is 2.21. The lowest BCUT2D eigenvalue weighted by Gasteiger charge is -2.14. The van der Waals surface area contributed by atoms with Crippen molar-refractivity contribution in [1.82, 2.24) is 14.8 Å². The number of nitrogens with one attached hydrogen (secondary N) is 2. The first-order chi connectivity index (χ1) is 13.7. The van der Waals surface area contributed by atoms with Crippen molar-refractivity contribution in [3.05, 3.63) is 52.3 Å². The van der Waals surface area contributed by atoms with Crippen LogP contribution in [-0.4, -0.2) is 29.1 Å². The molecule has 1 unspecified atom stereocenters. The molecule has 3 rings (SSSR count). The van der Waals surface area contributed by atoms with Crippen LogP contribution >= 0.6 is 22.9 Å². The predicted molar refractivity (Wildman–Crippen MR) is 114 cm³/mol. The van der Waals surface area contributed by atoms with E-state index >= 15 is 0 Å². The molecule has 2 N–H and O–H groups in total. The Bertz CT molecular complexity index is 1110. The minimum Gasteiger partial charge on any atom is -0.326 e. The fourth-order valence-electron chi connectivity index (χ4n) is 2.63. The standard InChI is InChI=1S/C18H20ClN5O3S2/c1-11(10-24-13(3)16(19)12(2)22-24)17(25)21-14-4-6-15(7-5-14)29(26,27)23-18-20-8-9-28-18/h4-9,11H,10H2,1-3H3,(H,20,23)(H,21,25). The number of carbonyl (C=O) groups is 1. The van der Waals surface area contributed by atoms with E-state index in [1.54, 1.807) is 29.1 Å². The lowest BCUT2D eigenvalue weighted by Crippen LogP contribution is -2.25. The maximum atomic E-state index is 12.5. The number of aryl methyl sites for hydroxylation is 1. The molecule has 0 radical (unpaired) electrons. The number of anilines is 2. The van der Waals surface area contributed by atoms with Crippen LogP contribution in [0.15, 0.2) is 40.7 Å². The lowest BCUT2D eigenvalue weighted by atomic mass is 10.1. The first-order valence-electron chi connectivity index (χ1n) is 8.70. The fraction of sp³-hybridized carbons (Fsp3) is 0.278. The molecule has 0 aliphatic carbocycles. The van der Waals surface area contributed by atoms with Crippen LogP contribution in [0.25, 0.3) is 0 Å². The molecule has 2 aromatic heterocycles. The fourth-order valence-corrected chi connectivity index (χ4v) is 4.55. The van der Waals surface area contributed by atoms with Crippen LogP contribution in [0, 0.1) is 19.8 Å². The van der Waals surface area contributed by atoms with Crippen LogP contribution in [0.1, 0.15) is 18.3 Å². The smallest absolute Gasteiger partial charge is 0.263 e. The van der Waals surface area contributed by atoms with Gasteiger partial charge in [0.2, 0.25) is 5.91 Å². The number of sulfonamides is 1. The molecule has 8 nitrogen and oxygen atoms in total. The molecule has 0 aliphatic rings. The number of aromatic nitrogens is 3. The van der Waals surface area contributed by atoms with E-state index in [0.29, 0.717) is 22.4 Å². The largest absolute Gasteiger partial charge is 0.326 e. The maximum Gasteiger partial charge on any atom is 0.263 e. The third kappa shape index (κ3) is 4.95. The second-order valence-electron chi connectivity index (χ2n) is 6.52. The summed E-state index contributed by atoms with van der Waals surface area (Å²) in [5.74, 6) is -0.566. The van der Waals surface area contributed by atoms with Crippen molar-refractivity contribution < 1.29 is 13.2 Å². The Hall–Kier alpha value is -2.43. The minimum atomic E-state index is -3.73. The first-order valence-corrected chi connectivity index (χ1v) is 11.4. The molecule has 1 aromatic carbocycles. The average molecular weight is 454 g/mol. The number of rotatable bonds is 7. The Morgan fingerprint density at radius 3 is 2.52 bits per heavy atom. The topological polar surface area (TPSA) is 106 Å². The van der Waals surface area contributed by atoms with Gasteiger partial charge in [-0.05, 0) is 38.1 Å². The molecular weight excluding hydrogens is 434 g/mol. The molecule has 1 amide bonds. The number of thiazole rings is 1. The zero-order chi connectivity index (χ0) is 21.2. The van der Waals surface area contributed by atoms with Crippen LogP contribution < -0.4 is 10.0 Å². The van der Waals surface area contributed by atoms with Gasteiger partial charge >= 0.3 is 0 Å². The zero-order valence-corrected chi connectivity index (χ0v) is 18.4. The third-order valence-corrected chi connectivity index (χ3v) is 6.99. The van der Waals surface area contributed by atoms with E-state index in [4.69, 9.17) is 11.6 Å². The first kappa shape index (κ1) is 21.3. The van der Waals surface area contributed by atoms with E-state index < -0.39 is 10.0 Å². The zero-order valence-electron chi connectivity index (χ0n) is 16.0. The van der Waals surface area contributed by atoms with Crippen molar-refractivity contribution in [3.63, 3.8) is 0 Å². The van der Waals surface area contributed by atoms with Gasteiger partial charge in [0.1, 0.15) is 0 Å². The number of hydrogen-bond donors (Lipinski definition) is 2.